The number of epoxide rings is 1. The molecule has 6 rings (SSSR count). The van der Waals surface area contributed by atoms with Gasteiger partial charge in [-0.05, 0) is 38.7 Å². The number of esters is 3. The first-order valence-electron chi connectivity index (χ1n) is 13.5. The first kappa shape index (κ1) is 26.5. The summed E-state index contributed by atoms with van der Waals surface area (Å²) in [6.07, 6.45) is 3.80. The van der Waals surface area contributed by atoms with E-state index < -0.39 is 75.7 Å². The molecule has 5 aliphatic rings. The van der Waals surface area contributed by atoms with Crippen LogP contribution < -0.4 is 0 Å². The molecule has 1 N–H and O–H groups in total. The lowest BCUT2D eigenvalue weighted by Gasteiger charge is -2.67. The zero-order chi connectivity index (χ0) is 28.2. The van der Waals surface area contributed by atoms with Crippen molar-refractivity contribution < 1.29 is 47.6 Å². The Morgan fingerprint density at radius 2 is 1.92 bits per heavy atom. The Balaban J connectivity index is 1.57. The van der Waals surface area contributed by atoms with Crippen LogP contribution in [0.15, 0.2) is 35.2 Å². The van der Waals surface area contributed by atoms with Crippen LogP contribution in [0.3, 0.4) is 0 Å². The van der Waals surface area contributed by atoms with Gasteiger partial charge in [-0.15, -0.1) is 0 Å². The maximum absolute atomic E-state index is 13.3. The third-order valence-corrected chi connectivity index (χ3v) is 10.8. The molecule has 3 saturated heterocycles. The molecule has 5 fully saturated rings. The van der Waals surface area contributed by atoms with E-state index in [9.17, 15) is 19.5 Å². The molecule has 10 heteroatoms. The average molecular weight is 545 g/mol. The highest BCUT2D eigenvalue weighted by molar-refractivity contribution is 5.83. The van der Waals surface area contributed by atoms with Crippen molar-refractivity contribution in [1.82, 2.24) is 0 Å². The Morgan fingerprint density at radius 3 is 2.56 bits per heavy atom. The molecule has 0 aromatic carbocycles. The summed E-state index contributed by atoms with van der Waals surface area (Å²) in [6.45, 7) is 9.32. The summed E-state index contributed by atoms with van der Waals surface area (Å²) in [5.41, 5.74) is -3.85. The second-order valence-corrected chi connectivity index (χ2v) is 12.8. The van der Waals surface area contributed by atoms with Crippen LogP contribution >= 0.6 is 0 Å². The standard InChI is InChI=1S/C29H36O10/c1-15(30)37-19-20-25(2,3)36-14-28(20,11-8-18(31)34-6)17-7-10-26(4)22(16-9-12-35-13-16)38-24(33)23-29(26,39-23)27(17,5)21(19)32/h8-9,11-13,17,19-23,32H,7,10,14H2,1-6H3/b11-8-/t17-,19+,20-,21+,22-,23+,26-,27-,28-,29+/m0/s1. The summed E-state index contributed by atoms with van der Waals surface area (Å²) in [4.78, 5) is 38.1. The maximum Gasteiger partial charge on any atom is 0.339 e. The van der Waals surface area contributed by atoms with Crippen molar-refractivity contribution in [3.8, 4) is 0 Å². The number of ether oxygens (including phenoxy) is 5. The van der Waals surface area contributed by atoms with Crippen LogP contribution in [0, 0.1) is 28.1 Å². The van der Waals surface area contributed by atoms with E-state index in [-0.39, 0.29) is 12.5 Å². The van der Waals surface area contributed by atoms with E-state index in [1.165, 1.54) is 26.4 Å². The molecule has 0 bridgehead atoms. The van der Waals surface area contributed by atoms with Gasteiger partial charge in [-0.25, -0.2) is 9.59 Å². The number of hydrogen-bond acceptors (Lipinski definition) is 10. The molecule has 4 heterocycles. The predicted octanol–water partition coefficient (Wildman–Crippen LogP) is 2.88. The Kier molecular flexibility index (Phi) is 5.56. The van der Waals surface area contributed by atoms with Gasteiger partial charge >= 0.3 is 17.9 Å². The van der Waals surface area contributed by atoms with Crippen LogP contribution in [0.4, 0.5) is 0 Å². The largest absolute Gasteiger partial charge is 0.472 e. The van der Waals surface area contributed by atoms with Crippen molar-refractivity contribution in [3.05, 3.63) is 36.3 Å². The van der Waals surface area contributed by atoms with Crippen LogP contribution in [0.1, 0.15) is 59.1 Å². The van der Waals surface area contributed by atoms with Gasteiger partial charge in [0.2, 0.25) is 0 Å². The first-order valence-corrected chi connectivity index (χ1v) is 13.5. The summed E-state index contributed by atoms with van der Waals surface area (Å²) in [5.74, 6) is -2.35. The second kappa shape index (κ2) is 8.17. The average Bonchev–Trinajstić information content (AvgIpc) is 3.33. The van der Waals surface area contributed by atoms with Crippen molar-refractivity contribution in [2.45, 2.75) is 83.1 Å². The quantitative estimate of drug-likeness (QED) is 0.261. The van der Waals surface area contributed by atoms with Crippen LogP contribution in [-0.4, -0.2) is 66.2 Å². The third-order valence-electron chi connectivity index (χ3n) is 10.8. The molecule has 10 atom stereocenters. The minimum absolute atomic E-state index is 0.232. The Hall–Kier alpha value is -2.69. The van der Waals surface area contributed by atoms with E-state index in [0.717, 1.165) is 0 Å². The summed E-state index contributed by atoms with van der Waals surface area (Å²) in [5, 5.41) is 12.3. The molecular weight excluding hydrogens is 508 g/mol. The van der Waals surface area contributed by atoms with Gasteiger partial charge in [0.1, 0.15) is 17.8 Å². The molecular formula is C29H36O10. The van der Waals surface area contributed by atoms with E-state index in [1.54, 1.807) is 12.3 Å². The molecule has 0 radical (unpaired) electrons. The molecule has 0 amide bonds. The molecule has 39 heavy (non-hydrogen) atoms. The number of aliphatic hydroxyl groups is 1. The molecule has 2 saturated carbocycles. The molecule has 3 aliphatic heterocycles. The summed E-state index contributed by atoms with van der Waals surface area (Å²) >= 11 is 0. The molecule has 10 nitrogen and oxygen atoms in total. The Bertz CT molecular complexity index is 1240. The van der Waals surface area contributed by atoms with E-state index in [1.807, 2.05) is 33.8 Å². The van der Waals surface area contributed by atoms with Crippen LogP contribution in [0.25, 0.3) is 0 Å². The number of methoxy groups -OCH3 is 1. The Morgan fingerprint density at radius 1 is 1.18 bits per heavy atom. The lowest BCUT2D eigenvalue weighted by molar-refractivity contribution is -0.270. The fourth-order valence-electron chi connectivity index (χ4n) is 9.32. The predicted molar refractivity (Wildman–Crippen MR) is 133 cm³/mol. The normalized spacial score (nSPS) is 47.3. The SMILES string of the molecule is COC(=O)/C=C\[C@@]12COC(C)(C)[C@@H]1[C@@H](OC(C)=O)[C@@H](O)[C@]1(C)[C@@H]2CC[C@@]2(C)[C@H](c3ccoc3)OC(=O)[C@H]3O[C@@]312. The molecule has 1 aromatic heterocycles. The van der Waals surface area contributed by atoms with Crippen molar-refractivity contribution >= 4 is 17.9 Å². The molecule has 2 aliphatic carbocycles. The van der Waals surface area contributed by atoms with Gasteiger partial charge in [0.25, 0.3) is 0 Å². The number of fused-ring (bicyclic) bond motifs is 3. The lowest BCUT2D eigenvalue weighted by atomic mass is 9.37. The fourth-order valence-corrected chi connectivity index (χ4v) is 9.32. The Labute approximate surface area is 226 Å². The number of cyclic esters (lactones) is 1. The zero-order valence-electron chi connectivity index (χ0n) is 23.1. The highest BCUT2D eigenvalue weighted by Gasteiger charge is 2.89. The number of hydrogen-bond donors (Lipinski definition) is 1. The minimum Gasteiger partial charge on any atom is -0.472 e. The van der Waals surface area contributed by atoms with Gasteiger partial charge in [-0.3, -0.25) is 4.79 Å². The summed E-state index contributed by atoms with van der Waals surface area (Å²) in [6, 6.07) is 1.77. The minimum atomic E-state index is -1.20. The smallest absolute Gasteiger partial charge is 0.339 e. The maximum atomic E-state index is 13.3. The van der Waals surface area contributed by atoms with Gasteiger partial charge in [0.15, 0.2) is 6.10 Å². The van der Waals surface area contributed by atoms with Crippen molar-refractivity contribution in [2.24, 2.45) is 28.1 Å². The monoisotopic (exact) mass is 544 g/mol. The molecule has 1 aromatic rings. The van der Waals surface area contributed by atoms with E-state index in [2.05, 4.69) is 0 Å². The number of furan rings is 1. The highest BCUT2D eigenvalue weighted by Crippen LogP contribution is 2.79. The number of rotatable bonds is 4. The van der Waals surface area contributed by atoms with Crippen LogP contribution in [-0.2, 0) is 38.1 Å². The van der Waals surface area contributed by atoms with E-state index in [0.29, 0.717) is 18.4 Å². The fraction of sp³-hybridized carbons (Fsp3) is 0.690. The van der Waals surface area contributed by atoms with E-state index >= 15 is 0 Å². The van der Waals surface area contributed by atoms with Crippen molar-refractivity contribution in [3.63, 3.8) is 0 Å². The first-order chi connectivity index (χ1) is 18.3. The second-order valence-electron chi connectivity index (χ2n) is 12.8. The molecule has 0 unspecified atom stereocenters. The number of aliphatic hydroxyl groups excluding tert-OH is 1. The number of carbonyl (C=O) groups excluding carboxylic acids is 3. The molecule has 1 spiro atoms. The van der Waals surface area contributed by atoms with Gasteiger partial charge in [0, 0.05) is 40.7 Å². The van der Waals surface area contributed by atoms with Crippen LogP contribution in [0.2, 0.25) is 0 Å². The lowest BCUT2D eigenvalue weighted by Crippen LogP contribution is -2.75. The summed E-state index contributed by atoms with van der Waals surface area (Å²) in [7, 11) is 1.31. The van der Waals surface area contributed by atoms with Crippen LogP contribution in [0.5, 0.6) is 0 Å². The van der Waals surface area contributed by atoms with Crippen molar-refractivity contribution in [2.75, 3.05) is 13.7 Å². The molecule has 212 valence electrons. The highest BCUT2D eigenvalue weighted by atomic mass is 16.7. The van der Waals surface area contributed by atoms with Gasteiger partial charge < -0.3 is 33.2 Å². The van der Waals surface area contributed by atoms with Gasteiger partial charge in [-0.2, -0.15) is 0 Å². The van der Waals surface area contributed by atoms with E-state index in [4.69, 9.17) is 28.1 Å². The topological polar surface area (TPSA) is 134 Å². The number of carbonyl (C=O) groups is 3. The zero-order valence-corrected chi connectivity index (χ0v) is 23.1. The van der Waals surface area contributed by atoms with Gasteiger partial charge in [-0.1, -0.05) is 19.9 Å². The van der Waals surface area contributed by atoms with Gasteiger partial charge in [0.05, 0.1) is 37.9 Å². The summed E-state index contributed by atoms with van der Waals surface area (Å²) < 4.78 is 34.9. The third kappa shape index (κ3) is 3.11. The van der Waals surface area contributed by atoms with Crippen molar-refractivity contribution in [1.29, 1.82) is 0 Å².